The van der Waals surface area contributed by atoms with Gasteiger partial charge in [0.25, 0.3) is 0 Å². The predicted octanol–water partition coefficient (Wildman–Crippen LogP) is 3.08. The van der Waals surface area contributed by atoms with Crippen LogP contribution in [-0.2, 0) is 5.54 Å². The van der Waals surface area contributed by atoms with Crippen LogP contribution in [0.2, 0.25) is 5.02 Å². The van der Waals surface area contributed by atoms with E-state index in [0.29, 0.717) is 5.56 Å². The minimum absolute atomic E-state index is 0.206. The first-order chi connectivity index (χ1) is 6.63. The van der Waals surface area contributed by atoms with Gasteiger partial charge in [0.05, 0.1) is 5.02 Å². The molecule has 1 saturated heterocycles. The molecular formula is C11H13ClFN. The first kappa shape index (κ1) is 9.94. The Bertz CT molecular complexity index is 345. The Morgan fingerprint density at radius 2 is 2.29 bits per heavy atom. The summed E-state index contributed by atoms with van der Waals surface area (Å²) < 4.78 is 13.7. The second-order valence-corrected chi connectivity index (χ2v) is 4.37. The van der Waals surface area contributed by atoms with Crippen LogP contribution in [0, 0.1) is 5.82 Å². The molecule has 1 aromatic carbocycles. The van der Waals surface area contributed by atoms with Gasteiger partial charge in [-0.05, 0) is 32.4 Å². The van der Waals surface area contributed by atoms with Crippen LogP contribution in [-0.4, -0.2) is 6.54 Å². The van der Waals surface area contributed by atoms with Gasteiger partial charge in [0.2, 0.25) is 0 Å². The van der Waals surface area contributed by atoms with Crippen molar-refractivity contribution in [2.75, 3.05) is 6.54 Å². The average molecular weight is 214 g/mol. The molecule has 0 amide bonds. The SMILES string of the molecule is CC1(c2cccc(Cl)c2F)CCCN1. The molecule has 0 spiro atoms. The fourth-order valence-electron chi connectivity index (χ4n) is 2.05. The minimum atomic E-state index is -0.286. The maximum absolute atomic E-state index is 13.7. The zero-order valence-electron chi connectivity index (χ0n) is 8.11. The Labute approximate surface area is 88.3 Å². The Morgan fingerprint density at radius 1 is 1.50 bits per heavy atom. The van der Waals surface area contributed by atoms with E-state index in [4.69, 9.17) is 11.6 Å². The quantitative estimate of drug-likeness (QED) is 0.756. The summed E-state index contributed by atoms with van der Waals surface area (Å²) in [5.74, 6) is -0.286. The zero-order valence-corrected chi connectivity index (χ0v) is 8.87. The predicted molar refractivity (Wildman–Crippen MR) is 56.0 cm³/mol. The van der Waals surface area contributed by atoms with Crippen molar-refractivity contribution < 1.29 is 4.39 Å². The van der Waals surface area contributed by atoms with Crippen molar-refractivity contribution in [3.05, 3.63) is 34.6 Å². The molecule has 1 atom stereocenters. The fourth-order valence-corrected chi connectivity index (χ4v) is 2.23. The van der Waals surface area contributed by atoms with Gasteiger partial charge in [-0.2, -0.15) is 0 Å². The first-order valence-electron chi connectivity index (χ1n) is 4.83. The second kappa shape index (κ2) is 3.52. The van der Waals surface area contributed by atoms with Crippen LogP contribution in [0.1, 0.15) is 25.3 Å². The largest absolute Gasteiger partial charge is 0.308 e. The Morgan fingerprint density at radius 3 is 2.93 bits per heavy atom. The molecule has 1 unspecified atom stereocenters. The number of benzene rings is 1. The number of hydrogen-bond acceptors (Lipinski definition) is 1. The lowest BCUT2D eigenvalue weighted by molar-refractivity contribution is 0.411. The topological polar surface area (TPSA) is 12.0 Å². The van der Waals surface area contributed by atoms with Crippen LogP contribution >= 0.6 is 11.6 Å². The van der Waals surface area contributed by atoms with Crippen LogP contribution in [0.5, 0.6) is 0 Å². The Balaban J connectivity index is 2.45. The third-order valence-corrected chi connectivity index (χ3v) is 3.21. The molecule has 2 rings (SSSR count). The number of hydrogen-bond donors (Lipinski definition) is 1. The molecule has 3 heteroatoms. The van der Waals surface area contributed by atoms with Gasteiger partial charge in [-0.25, -0.2) is 4.39 Å². The van der Waals surface area contributed by atoms with Crippen molar-refractivity contribution in [3.63, 3.8) is 0 Å². The van der Waals surface area contributed by atoms with Crippen LogP contribution in [0.3, 0.4) is 0 Å². The molecule has 1 N–H and O–H groups in total. The summed E-state index contributed by atoms with van der Waals surface area (Å²) in [5.41, 5.74) is 0.442. The van der Waals surface area contributed by atoms with Crippen molar-refractivity contribution in [3.8, 4) is 0 Å². The summed E-state index contributed by atoms with van der Waals surface area (Å²) in [5, 5.41) is 3.52. The van der Waals surface area contributed by atoms with E-state index < -0.39 is 0 Å². The lowest BCUT2D eigenvalue weighted by atomic mass is 9.90. The van der Waals surface area contributed by atoms with E-state index in [1.807, 2.05) is 6.92 Å². The van der Waals surface area contributed by atoms with Gasteiger partial charge in [0.15, 0.2) is 0 Å². The molecular weight excluding hydrogens is 201 g/mol. The van der Waals surface area contributed by atoms with Crippen molar-refractivity contribution in [1.82, 2.24) is 5.32 Å². The molecule has 76 valence electrons. The van der Waals surface area contributed by atoms with Gasteiger partial charge in [-0.3, -0.25) is 0 Å². The zero-order chi connectivity index (χ0) is 10.2. The number of halogens is 2. The van der Waals surface area contributed by atoms with E-state index in [2.05, 4.69) is 5.32 Å². The maximum atomic E-state index is 13.7. The van der Waals surface area contributed by atoms with E-state index in [1.54, 1.807) is 18.2 Å². The third kappa shape index (κ3) is 1.53. The summed E-state index contributed by atoms with van der Waals surface area (Å²) in [6, 6.07) is 5.18. The van der Waals surface area contributed by atoms with E-state index in [-0.39, 0.29) is 16.4 Å². The maximum Gasteiger partial charge on any atom is 0.146 e. The molecule has 1 heterocycles. The standard InChI is InChI=1S/C11H13ClFN/c1-11(6-3-7-14-11)8-4-2-5-9(12)10(8)13/h2,4-5,14H,3,6-7H2,1H3. The highest BCUT2D eigenvalue weighted by Gasteiger charge is 2.32. The fraction of sp³-hybridized carbons (Fsp3) is 0.455. The highest BCUT2D eigenvalue weighted by molar-refractivity contribution is 6.30. The van der Waals surface area contributed by atoms with Gasteiger partial charge in [0.1, 0.15) is 5.82 Å². The van der Waals surface area contributed by atoms with Gasteiger partial charge < -0.3 is 5.32 Å². The average Bonchev–Trinajstić information content (AvgIpc) is 2.58. The molecule has 0 saturated carbocycles. The molecule has 0 radical (unpaired) electrons. The summed E-state index contributed by atoms with van der Waals surface area (Å²) in [6.45, 7) is 2.97. The summed E-state index contributed by atoms with van der Waals surface area (Å²) in [6.07, 6.45) is 2.05. The highest BCUT2D eigenvalue weighted by Crippen LogP contribution is 2.33. The molecule has 0 aliphatic carbocycles. The van der Waals surface area contributed by atoms with E-state index in [9.17, 15) is 4.39 Å². The van der Waals surface area contributed by atoms with Crippen LogP contribution in [0.15, 0.2) is 18.2 Å². The lowest BCUT2D eigenvalue weighted by Gasteiger charge is -2.25. The molecule has 1 fully saturated rings. The second-order valence-electron chi connectivity index (χ2n) is 3.96. The third-order valence-electron chi connectivity index (χ3n) is 2.91. The van der Waals surface area contributed by atoms with E-state index >= 15 is 0 Å². The molecule has 0 bridgehead atoms. The van der Waals surface area contributed by atoms with Crippen LogP contribution < -0.4 is 5.32 Å². The molecule has 1 aromatic rings. The van der Waals surface area contributed by atoms with E-state index in [1.165, 1.54) is 0 Å². The monoisotopic (exact) mass is 213 g/mol. The molecule has 14 heavy (non-hydrogen) atoms. The van der Waals surface area contributed by atoms with Gasteiger partial charge >= 0.3 is 0 Å². The van der Waals surface area contributed by atoms with Gasteiger partial charge in [-0.15, -0.1) is 0 Å². The number of rotatable bonds is 1. The minimum Gasteiger partial charge on any atom is -0.308 e. The van der Waals surface area contributed by atoms with Crippen molar-refractivity contribution >= 4 is 11.6 Å². The Kier molecular flexibility index (Phi) is 2.50. The molecule has 0 aromatic heterocycles. The van der Waals surface area contributed by atoms with Gasteiger partial charge in [-0.1, -0.05) is 23.7 Å². The van der Waals surface area contributed by atoms with Crippen LogP contribution in [0.4, 0.5) is 4.39 Å². The molecule has 1 aliphatic heterocycles. The van der Waals surface area contributed by atoms with Crippen molar-refractivity contribution in [2.24, 2.45) is 0 Å². The number of nitrogens with one attached hydrogen (secondary N) is 1. The highest BCUT2D eigenvalue weighted by atomic mass is 35.5. The van der Waals surface area contributed by atoms with Crippen LogP contribution in [0.25, 0.3) is 0 Å². The summed E-state index contributed by atoms with van der Waals surface area (Å²) >= 11 is 5.75. The van der Waals surface area contributed by atoms with E-state index in [0.717, 1.165) is 19.4 Å². The van der Waals surface area contributed by atoms with Gasteiger partial charge in [0, 0.05) is 11.1 Å². The normalized spacial score (nSPS) is 26.8. The van der Waals surface area contributed by atoms with Crippen molar-refractivity contribution in [1.29, 1.82) is 0 Å². The molecule has 1 aliphatic rings. The van der Waals surface area contributed by atoms with Crippen molar-refractivity contribution in [2.45, 2.75) is 25.3 Å². The smallest absolute Gasteiger partial charge is 0.146 e. The summed E-state index contributed by atoms with van der Waals surface area (Å²) in [4.78, 5) is 0. The lowest BCUT2D eigenvalue weighted by Crippen LogP contribution is -2.34. The molecule has 1 nitrogen and oxygen atoms in total. The summed E-state index contributed by atoms with van der Waals surface area (Å²) in [7, 11) is 0. The first-order valence-corrected chi connectivity index (χ1v) is 5.21. The Hall–Kier alpha value is -0.600.